The van der Waals surface area contributed by atoms with Crippen LogP contribution in [0.25, 0.3) is 99.2 Å². The standard InChI is InChI=1S/C58H37NO2/c1-3-14-38(15-4-1)41-18-11-20-45(34-41)59(44-31-28-40(29-32-44)47-25-13-26-51-49-23-9-10-27-55(49)60-57(47)51)46-21-12-19-43(35-46)52-37-54-53-36-42(39-16-5-2-6-17-39)30-33-56(53)61-58(54)50-24-8-7-22-48(50)52/h1-37H. The zero-order valence-electron chi connectivity index (χ0n) is 33.1. The first-order valence-corrected chi connectivity index (χ1v) is 20.7. The number of fused-ring (bicyclic) bond motifs is 8. The quantitative estimate of drug-likeness (QED) is 0.161. The Morgan fingerprint density at radius 3 is 1.52 bits per heavy atom. The van der Waals surface area contributed by atoms with Crippen LogP contribution in [0, 0.1) is 0 Å². The summed E-state index contributed by atoms with van der Waals surface area (Å²) >= 11 is 0. The molecule has 0 aliphatic rings. The zero-order valence-corrected chi connectivity index (χ0v) is 33.1. The topological polar surface area (TPSA) is 29.5 Å². The number of hydrogen-bond acceptors (Lipinski definition) is 3. The van der Waals surface area contributed by atoms with Crippen molar-refractivity contribution in [1.29, 1.82) is 0 Å². The fourth-order valence-corrected chi connectivity index (χ4v) is 9.13. The summed E-state index contributed by atoms with van der Waals surface area (Å²) in [7, 11) is 0. The van der Waals surface area contributed by atoms with Crippen LogP contribution in [-0.4, -0.2) is 0 Å². The van der Waals surface area contributed by atoms with Crippen LogP contribution in [0.2, 0.25) is 0 Å². The summed E-state index contributed by atoms with van der Waals surface area (Å²) in [6.07, 6.45) is 0. The maximum absolute atomic E-state index is 6.64. The van der Waals surface area contributed by atoms with Crippen LogP contribution in [0.4, 0.5) is 17.1 Å². The number of para-hydroxylation sites is 2. The predicted octanol–water partition coefficient (Wildman–Crippen LogP) is 16.8. The van der Waals surface area contributed by atoms with Gasteiger partial charge in [0.2, 0.25) is 0 Å². The van der Waals surface area contributed by atoms with E-state index in [1.807, 2.05) is 12.1 Å². The van der Waals surface area contributed by atoms with Gasteiger partial charge in [-0.15, -0.1) is 0 Å². The van der Waals surface area contributed by atoms with Crippen LogP contribution in [0.15, 0.2) is 233 Å². The van der Waals surface area contributed by atoms with Gasteiger partial charge in [0.15, 0.2) is 0 Å². The molecule has 0 atom stereocenters. The van der Waals surface area contributed by atoms with E-state index < -0.39 is 0 Å². The first kappa shape index (κ1) is 34.9. The normalized spacial score (nSPS) is 11.6. The Labute approximate surface area is 353 Å². The Bertz CT molecular complexity index is 3580. The van der Waals surface area contributed by atoms with Crippen molar-refractivity contribution in [3.63, 3.8) is 0 Å². The summed E-state index contributed by atoms with van der Waals surface area (Å²) in [6, 6.07) is 79.9. The minimum absolute atomic E-state index is 0.884. The highest BCUT2D eigenvalue weighted by atomic mass is 16.3. The fourth-order valence-electron chi connectivity index (χ4n) is 9.13. The van der Waals surface area contributed by atoms with Crippen molar-refractivity contribution >= 4 is 71.7 Å². The average Bonchev–Trinajstić information content (AvgIpc) is 3.91. The largest absolute Gasteiger partial charge is 0.455 e. The van der Waals surface area contributed by atoms with E-state index in [1.165, 1.54) is 16.7 Å². The number of hydrogen-bond donors (Lipinski definition) is 0. The van der Waals surface area contributed by atoms with Crippen molar-refractivity contribution in [3.05, 3.63) is 224 Å². The van der Waals surface area contributed by atoms with E-state index >= 15 is 0 Å². The van der Waals surface area contributed by atoms with Gasteiger partial charge in [0.25, 0.3) is 0 Å². The molecule has 0 aliphatic heterocycles. The molecule has 12 rings (SSSR count). The first-order chi connectivity index (χ1) is 30.2. The third kappa shape index (κ3) is 5.98. The van der Waals surface area contributed by atoms with Gasteiger partial charge in [0.1, 0.15) is 22.3 Å². The zero-order chi connectivity index (χ0) is 40.3. The lowest BCUT2D eigenvalue weighted by Gasteiger charge is -2.27. The van der Waals surface area contributed by atoms with E-state index in [0.717, 1.165) is 99.5 Å². The van der Waals surface area contributed by atoms with Gasteiger partial charge in [-0.2, -0.15) is 0 Å². The van der Waals surface area contributed by atoms with E-state index in [-0.39, 0.29) is 0 Å². The SMILES string of the molecule is c1ccc(-c2cccc(N(c3ccc(-c4cccc5c4oc4ccccc45)cc3)c3cccc(-c4cc5c6cc(-c7ccccc7)ccc6oc5c5ccccc45)c3)c2)cc1. The van der Waals surface area contributed by atoms with Gasteiger partial charge < -0.3 is 13.7 Å². The number of rotatable bonds is 7. The minimum atomic E-state index is 0.884. The van der Waals surface area contributed by atoms with E-state index in [1.54, 1.807) is 0 Å². The van der Waals surface area contributed by atoms with Gasteiger partial charge in [-0.3, -0.25) is 0 Å². The van der Waals surface area contributed by atoms with Gasteiger partial charge in [0.05, 0.1) is 0 Å². The Morgan fingerprint density at radius 1 is 0.246 bits per heavy atom. The molecule has 0 radical (unpaired) electrons. The van der Waals surface area contributed by atoms with Crippen LogP contribution in [0.1, 0.15) is 0 Å². The van der Waals surface area contributed by atoms with Gasteiger partial charge in [0, 0.05) is 49.6 Å². The first-order valence-electron chi connectivity index (χ1n) is 20.7. The van der Waals surface area contributed by atoms with Gasteiger partial charge in [-0.05, 0) is 105 Å². The van der Waals surface area contributed by atoms with Crippen LogP contribution >= 0.6 is 0 Å². The average molecular weight is 780 g/mol. The molecule has 3 nitrogen and oxygen atoms in total. The third-order valence-corrected chi connectivity index (χ3v) is 12.1. The van der Waals surface area contributed by atoms with Crippen LogP contribution in [-0.2, 0) is 0 Å². The Morgan fingerprint density at radius 2 is 0.770 bits per heavy atom. The monoisotopic (exact) mass is 779 g/mol. The van der Waals surface area contributed by atoms with E-state index in [9.17, 15) is 0 Å². The highest BCUT2D eigenvalue weighted by molar-refractivity contribution is 6.19. The van der Waals surface area contributed by atoms with Gasteiger partial charge in [-0.25, -0.2) is 0 Å². The molecular weight excluding hydrogens is 743 g/mol. The van der Waals surface area contributed by atoms with Crippen LogP contribution in [0.3, 0.4) is 0 Å². The summed E-state index contributed by atoms with van der Waals surface area (Å²) in [5, 5.41) is 6.72. The second-order valence-electron chi connectivity index (χ2n) is 15.7. The molecule has 0 bridgehead atoms. The van der Waals surface area contributed by atoms with Crippen molar-refractivity contribution in [2.24, 2.45) is 0 Å². The van der Waals surface area contributed by atoms with Crippen molar-refractivity contribution in [2.45, 2.75) is 0 Å². The maximum atomic E-state index is 6.64. The molecule has 0 spiro atoms. The molecule has 61 heavy (non-hydrogen) atoms. The fraction of sp³-hybridized carbons (Fsp3) is 0. The molecule has 10 aromatic carbocycles. The van der Waals surface area contributed by atoms with Crippen LogP contribution in [0.5, 0.6) is 0 Å². The Kier molecular flexibility index (Phi) is 8.17. The maximum Gasteiger partial charge on any atom is 0.143 e. The molecule has 0 saturated heterocycles. The molecule has 0 aliphatic carbocycles. The van der Waals surface area contributed by atoms with Crippen molar-refractivity contribution in [2.75, 3.05) is 4.90 Å². The van der Waals surface area contributed by atoms with Gasteiger partial charge in [-0.1, -0.05) is 164 Å². The Hall–Kier alpha value is -8.14. The number of anilines is 3. The highest BCUT2D eigenvalue weighted by Gasteiger charge is 2.19. The van der Waals surface area contributed by atoms with Crippen molar-refractivity contribution in [1.82, 2.24) is 0 Å². The van der Waals surface area contributed by atoms with E-state index in [2.05, 4.69) is 217 Å². The molecule has 286 valence electrons. The number of nitrogens with zero attached hydrogens (tertiary/aromatic N) is 1. The summed E-state index contributed by atoms with van der Waals surface area (Å²) in [4.78, 5) is 2.36. The second-order valence-corrected chi connectivity index (χ2v) is 15.7. The lowest BCUT2D eigenvalue weighted by atomic mass is 9.94. The Balaban J connectivity index is 1.02. The molecule has 0 fully saturated rings. The number of benzene rings is 10. The molecular formula is C58H37NO2. The van der Waals surface area contributed by atoms with Crippen molar-refractivity contribution in [3.8, 4) is 44.5 Å². The lowest BCUT2D eigenvalue weighted by Crippen LogP contribution is -2.10. The smallest absolute Gasteiger partial charge is 0.143 e. The molecule has 3 heteroatoms. The van der Waals surface area contributed by atoms with Crippen LogP contribution < -0.4 is 4.90 Å². The molecule has 0 N–H and O–H groups in total. The summed E-state index contributed by atoms with van der Waals surface area (Å²) in [5.74, 6) is 0. The molecule has 0 amide bonds. The highest BCUT2D eigenvalue weighted by Crippen LogP contribution is 2.44. The van der Waals surface area contributed by atoms with E-state index in [0.29, 0.717) is 0 Å². The molecule has 0 unspecified atom stereocenters. The molecule has 2 heterocycles. The molecule has 12 aromatic rings. The van der Waals surface area contributed by atoms with E-state index in [4.69, 9.17) is 8.83 Å². The summed E-state index contributed by atoms with van der Waals surface area (Å²) in [5.41, 5.74) is 15.9. The summed E-state index contributed by atoms with van der Waals surface area (Å²) < 4.78 is 13.1. The molecule has 0 saturated carbocycles. The third-order valence-electron chi connectivity index (χ3n) is 12.1. The van der Waals surface area contributed by atoms with Gasteiger partial charge >= 0.3 is 0 Å². The number of furan rings is 2. The second kappa shape index (κ2) is 14.3. The predicted molar refractivity (Wildman–Crippen MR) is 255 cm³/mol. The molecule has 2 aromatic heterocycles. The summed E-state index contributed by atoms with van der Waals surface area (Å²) in [6.45, 7) is 0. The van der Waals surface area contributed by atoms with Crippen molar-refractivity contribution < 1.29 is 8.83 Å². The lowest BCUT2D eigenvalue weighted by molar-refractivity contribution is 0.670. The minimum Gasteiger partial charge on any atom is -0.455 e.